The van der Waals surface area contributed by atoms with Gasteiger partial charge in [0.25, 0.3) is 17.2 Å². The van der Waals surface area contributed by atoms with Crippen molar-refractivity contribution in [2.75, 3.05) is 5.32 Å². The van der Waals surface area contributed by atoms with Crippen LogP contribution in [0.2, 0.25) is 0 Å². The molecule has 0 atom stereocenters. The van der Waals surface area contributed by atoms with E-state index in [1.807, 2.05) is 0 Å². The molecule has 0 spiro atoms. The fourth-order valence-corrected chi connectivity index (χ4v) is 1.53. The van der Waals surface area contributed by atoms with Crippen molar-refractivity contribution in [1.29, 1.82) is 0 Å². The number of amides is 1. The summed E-state index contributed by atoms with van der Waals surface area (Å²) in [5.41, 5.74) is -1.21. The summed E-state index contributed by atoms with van der Waals surface area (Å²) < 4.78 is 0. The predicted molar refractivity (Wildman–Crippen MR) is 69.8 cm³/mol. The van der Waals surface area contributed by atoms with Gasteiger partial charge < -0.3 is 15.4 Å². The second-order valence-electron chi connectivity index (χ2n) is 3.83. The first-order valence-electron chi connectivity index (χ1n) is 5.45. The van der Waals surface area contributed by atoms with Crippen molar-refractivity contribution in [2.45, 2.75) is 0 Å². The highest BCUT2D eigenvalue weighted by Gasteiger charge is 2.15. The van der Waals surface area contributed by atoms with Crippen molar-refractivity contribution in [1.82, 2.24) is 4.98 Å². The normalized spacial score (nSPS) is 10.0. The first kappa shape index (κ1) is 13.3. The Morgan fingerprint density at radius 2 is 2.10 bits per heavy atom. The van der Waals surface area contributed by atoms with E-state index >= 15 is 0 Å². The van der Waals surface area contributed by atoms with E-state index < -0.39 is 16.4 Å². The Labute approximate surface area is 111 Å². The second-order valence-corrected chi connectivity index (χ2v) is 3.83. The lowest BCUT2D eigenvalue weighted by atomic mass is 10.2. The van der Waals surface area contributed by atoms with E-state index in [9.17, 15) is 24.8 Å². The number of nitrogens with zero attached hydrogens (tertiary/aromatic N) is 1. The maximum atomic E-state index is 11.9. The van der Waals surface area contributed by atoms with Gasteiger partial charge in [-0.05, 0) is 18.2 Å². The number of nitro groups is 1. The summed E-state index contributed by atoms with van der Waals surface area (Å²) in [5, 5.41) is 22.4. The van der Waals surface area contributed by atoms with Gasteiger partial charge >= 0.3 is 0 Å². The van der Waals surface area contributed by atoms with E-state index in [-0.39, 0.29) is 22.7 Å². The molecule has 0 aliphatic rings. The molecule has 0 saturated heterocycles. The summed E-state index contributed by atoms with van der Waals surface area (Å²) in [6.45, 7) is 0. The molecule has 1 amide bonds. The minimum atomic E-state index is -0.775. The summed E-state index contributed by atoms with van der Waals surface area (Å²) in [6.07, 6.45) is 1.37. The molecule has 1 aromatic carbocycles. The minimum Gasteiger partial charge on any atom is -0.506 e. The number of benzene rings is 1. The number of non-ortho nitro benzene ring substituents is 1. The van der Waals surface area contributed by atoms with E-state index in [1.165, 1.54) is 18.3 Å². The number of aromatic hydroxyl groups is 1. The van der Waals surface area contributed by atoms with Crippen LogP contribution in [0.25, 0.3) is 0 Å². The zero-order chi connectivity index (χ0) is 14.7. The highest BCUT2D eigenvalue weighted by molar-refractivity contribution is 6.04. The largest absolute Gasteiger partial charge is 0.506 e. The average Bonchev–Trinajstić information content (AvgIpc) is 2.41. The SMILES string of the molecule is O=C(Nc1cc([N+](=O)[O-])ccc1O)c1ccc[nH]c1=O. The van der Waals surface area contributed by atoms with Crippen molar-refractivity contribution in [3.8, 4) is 5.75 Å². The molecule has 8 heteroatoms. The van der Waals surface area contributed by atoms with Crippen LogP contribution >= 0.6 is 0 Å². The molecular weight excluding hydrogens is 266 g/mol. The van der Waals surface area contributed by atoms with Gasteiger partial charge in [0, 0.05) is 18.3 Å². The summed E-state index contributed by atoms with van der Waals surface area (Å²) in [7, 11) is 0. The number of aromatic amines is 1. The molecule has 2 aromatic rings. The fourth-order valence-electron chi connectivity index (χ4n) is 1.53. The Balaban J connectivity index is 2.33. The van der Waals surface area contributed by atoms with E-state index in [0.29, 0.717) is 0 Å². The summed E-state index contributed by atoms with van der Waals surface area (Å²) >= 11 is 0. The number of pyridine rings is 1. The Morgan fingerprint density at radius 3 is 2.75 bits per heavy atom. The predicted octanol–water partition coefficient (Wildman–Crippen LogP) is 1.24. The van der Waals surface area contributed by atoms with Crippen molar-refractivity contribution in [3.63, 3.8) is 0 Å². The van der Waals surface area contributed by atoms with E-state index in [2.05, 4.69) is 10.3 Å². The highest BCUT2D eigenvalue weighted by Crippen LogP contribution is 2.27. The number of carbonyl (C=O) groups excluding carboxylic acids is 1. The lowest BCUT2D eigenvalue weighted by Gasteiger charge is -2.06. The minimum absolute atomic E-state index is 0.146. The van der Waals surface area contributed by atoms with Gasteiger partial charge in [-0.3, -0.25) is 19.7 Å². The quantitative estimate of drug-likeness (QED) is 0.441. The number of aromatic nitrogens is 1. The standard InChI is InChI=1S/C12H9N3O5/c16-10-4-3-7(15(19)20)6-9(10)14-12(18)8-2-1-5-13-11(8)17/h1-6,16H,(H,13,17)(H,14,18). The third kappa shape index (κ3) is 2.64. The molecule has 1 aromatic heterocycles. The van der Waals surface area contributed by atoms with Gasteiger partial charge in [0.1, 0.15) is 11.3 Å². The molecule has 0 aliphatic heterocycles. The Bertz CT molecular complexity index is 738. The number of hydrogen-bond acceptors (Lipinski definition) is 5. The number of phenols is 1. The van der Waals surface area contributed by atoms with Crippen LogP contribution in [0.5, 0.6) is 5.75 Å². The van der Waals surface area contributed by atoms with Crippen LogP contribution in [0.15, 0.2) is 41.3 Å². The van der Waals surface area contributed by atoms with Gasteiger partial charge in [0.05, 0.1) is 10.6 Å². The van der Waals surface area contributed by atoms with Crippen LogP contribution in [0.4, 0.5) is 11.4 Å². The van der Waals surface area contributed by atoms with Gasteiger partial charge in [0.2, 0.25) is 0 Å². The topological polar surface area (TPSA) is 125 Å². The lowest BCUT2D eigenvalue weighted by molar-refractivity contribution is -0.384. The van der Waals surface area contributed by atoms with Gasteiger partial charge in [-0.2, -0.15) is 0 Å². The third-order valence-electron chi connectivity index (χ3n) is 2.50. The molecular formula is C12H9N3O5. The molecule has 2 rings (SSSR count). The molecule has 8 nitrogen and oxygen atoms in total. The Morgan fingerprint density at radius 1 is 1.35 bits per heavy atom. The van der Waals surface area contributed by atoms with Gasteiger partial charge in [-0.15, -0.1) is 0 Å². The van der Waals surface area contributed by atoms with Crippen molar-refractivity contribution in [3.05, 3.63) is 62.6 Å². The first-order valence-corrected chi connectivity index (χ1v) is 5.45. The summed E-state index contributed by atoms with van der Waals surface area (Å²) in [6, 6.07) is 5.94. The monoisotopic (exact) mass is 275 g/mol. The number of hydrogen-bond donors (Lipinski definition) is 3. The number of nitro benzene ring substituents is 1. The van der Waals surface area contributed by atoms with Crippen LogP contribution < -0.4 is 10.9 Å². The van der Waals surface area contributed by atoms with E-state index in [4.69, 9.17) is 0 Å². The van der Waals surface area contributed by atoms with E-state index in [1.54, 1.807) is 0 Å². The Kier molecular flexibility index (Phi) is 3.47. The maximum absolute atomic E-state index is 11.9. The number of anilines is 1. The molecule has 3 N–H and O–H groups in total. The Hall–Kier alpha value is -3.16. The zero-order valence-corrected chi connectivity index (χ0v) is 9.99. The molecule has 0 fully saturated rings. The van der Waals surface area contributed by atoms with Crippen LogP contribution in [0, 0.1) is 10.1 Å². The zero-order valence-electron chi connectivity index (χ0n) is 9.99. The summed E-state index contributed by atoms with van der Waals surface area (Å²) in [4.78, 5) is 35.6. The number of rotatable bonds is 3. The number of H-pyrrole nitrogens is 1. The molecule has 0 radical (unpaired) electrons. The van der Waals surface area contributed by atoms with Crippen molar-refractivity contribution < 1.29 is 14.8 Å². The number of nitrogens with one attached hydrogen (secondary N) is 2. The molecule has 0 saturated carbocycles. The third-order valence-corrected chi connectivity index (χ3v) is 2.50. The molecule has 0 aliphatic carbocycles. The summed E-state index contributed by atoms with van der Waals surface area (Å²) in [5.74, 6) is -1.11. The van der Waals surface area contributed by atoms with Crippen LogP contribution in [-0.4, -0.2) is 20.9 Å². The van der Waals surface area contributed by atoms with Gasteiger partial charge in [-0.1, -0.05) is 0 Å². The fraction of sp³-hybridized carbons (Fsp3) is 0. The molecule has 0 unspecified atom stereocenters. The number of phenolic OH excluding ortho intramolecular Hbond substituents is 1. The maximum Gasteiger partial charge on any atom is 0.271 e. The second kappa shape index (κ2) is 5.22. The first-order chi connectivity index (χ1) is 9.49. The van der Waals surface area contributed by atoms with Crippen LogP contribution in [0.3, 0.4) is 0 Å². The molecule has 0 bridgehead atoms. The highest BCUT2D eigenvalue weighted by atomic mass is 16.6. The molecule has 1 heterocycles. The van der Waals surface area contributed by atoms with E-state index in [0.717, 1.165) is 18.2 Å². The van der Waals surface area contributed by atoms with Crippen LogP contribution in [-0.2, 0) is 0 Å². The van der Waals surface area contributed by atoms with Gasteiger partial charge in [-0.25, -0.2) is 0 Å². The molecule has 102 valence electrons. The number of carbonyl (C=O) groups is 1. The smallest absolute Gasteiger partial charge is 0.271 e. The van der Waals surface area contributed by atoms with Crippen molar-refractivity contribution in [2.24, 2.45) is 0 Å². The van der Waals surface area contributed by atoms with Crippen molar-refractivity contribution >= 4 is 17.3 Å². The van der Waals surface area contributed by atoms with Crippen LogP contribution in [0.1, 0.15) is 10.4 Å². The lowest BCUT2D eigenvalue weighted by Crippen LogP contribution is -2.22. The molecule has 20 heavy (non-hydrogen) atoms. The average molecular weight is 275 g/mol. The van der Waals surface area contributed by atoms with Gasteiger partial charge in [0.15, 0.2) is 0 Å².